The van der Waals surface area contributed by atoms with E-state index in [-0.39, 0.29) is 6.04 Å². The first-order valence-corrected chi connectivity index (χ1v) is 13.6. The molecular formula is C23H28ClF3N6O3S. The topological polar surface area (TPSA) is 116 Å². The van der Waals surface area contributed by atoms with Gasteiger partial charge < -0.3 is 25.5 Å². The van der Waals surface area contributed by atoms with Crippen LogP contribution in [0.15, 0.2) is 29.2 Å². The molecule has 3 aliphatic rings. The first-order valence-electron chi connectivity index (χ1n) is 11.9. The molecule has 37 heavy (non-hydrogen) atoms. The summed E-state index contributed by atoms with van der Waals surface area (Å²) in [5, 5.41) is 7.88. The summed E-state index contributed by atoms with van der Waals surface area (Å²) in [4.78, 5) is 26.4. The Bertz CT molecular complexity index is 1150. The van der Waals surface area contributed by atoms with Crippen molar-refractivity contribution in [3.8, 4) is 0 Å². The lowest BCUT2D eigenvalue weighted by Gasteiger charge is -2.36. The lowest BCUT2D eigenvalue weighted by atomic mass is 10.2. The summed E-state index contributed by atoms with van der Waals surface area (Å²) in [6, 6.07) is 8.28. The first kappa shape index (κ1) is 27.4. The molecule has 3 aliphatic heterocycles. The fourth-order valence-electron chi connectivity index (χ4n) is 4.68. The number of hydrogen-bond acceptors (Lipinski definition) is 8. The maximum Gasteiger partial charge on any atom is 0.490 e. The van der Waals surface area contributed by atoms with Gasteiger partial charge in [0.25, 0.3) is 0 Å². The molecule has 0 amide bonds. The minimum absolute atomic E-state index is 0.274. The van der Waals surface area contributed by atoms with E-state index in [9.17, 15) is 17.4 Å². The summed E-state index contributed by atoms with van der Waals surface area (Å²) >= 11 is 6.02. The van der Waals surface area contributed by atoms with E-state index in [2.05, 4.69) is 26.8 Å². The molecule has 0 bridgehead atoms. The zero-order chi connectivity index (χ0) is 26.7. The quantitative estimate of drug-likeness (QED) is 0.582. The van der Waals surface area contributed by atoms with Crippen molar-refractivity contribution in [3.05, 3.63) is 35.0 Å². The molecule has 2 saturated heterocycles. The number of carboxylic acid groups (broad SMARTS) is 1. The van der Waals surface area contributed by atoms with Gasteiger partial charge in [0.1, 0.15) is 4.90 Å². The highest BCUT2D eigenvalue weighted by Gasteiger charge is 2.38. The van der Waals surface area contributed by atoms with E-state index in [4.69, 9.17) is 37.2 Å². The van der Waals surface area contributed by atoms with Crippen LogP contribution >= 0.6 is 11.6 Å². The van der Waals surface area contributed by atoms with Crippen LogP contribution in [-0.2, 0) is 22.0 Å². The van der Waals surface area contributed by atoms with Gasteiger partial charge in [0, 0.05) is 68.2 Å². The Balaban J connectivity index is 0.000000405. The van der Waals surface area contributed by atoms with Crippen LogP contribution in [0.3, 0.4) is 0 Å². The van der Waals surface area contributed by atoms with Crippen LogP contribution in [0, 0.1) is 0 Å². The van der Waals surface area contributed by atoms with E-state index in [1.807, 2.05) is 12.1 Å². The Hall–Kier alpha value is -2.64. The number of aromatic nitrogens is 2. The molecular weight excluding hydrogens is 533 g/mol. The van der Waals surface area contributed by atoms with Gasteiger partial charge in [-0.3, -0.25) is 4.21 Å². The van der Waals surface area contributed by atoms with Gasteiger partial charge in [-0.05, 0) is 37.1 Å². The minimum Gasteiger partial charge on any atom is -0.475 e. The number of carboxylic acids is 1. The predicted octanol–water partition coefficient (Wildman–Crippen LogP) is 2.68. The van der Waals surface area contributed by atoms with Gasteiger partial charge in [-0.25, -0.2) is 9.78 Å². The number of rotatable bonds is 4. The van der Waals surface area contributed by atoms with Crippen LogP contribution < -0.4 is 20.4 Å². The molecule has 14 heteroatoms. The highest BCUT2D eigenvalue weighted by molar-refractivity contribution is 7.85. The summed E-state index contributed by atoms with van der Waals surface area (Å²) in [5.41, 5.74) is 8.16. The van der Waals surface area contributed by atoms with Gasteiger partial charge in [0.05, 0.1) is 16.5 Å². The number of benzene rings is 1. The van der Waals surface area contributed by atoms with E-state index in [0.29, 0.717) is 12.3 Å². The molecule has 0 spiro atoms. The second-order valence-corrected chi connectivity index (χ2v) is 10.8. The molecule has 0 saturated carbocycles. The molecule has 0 aliphatic carbocycles. The highest BCUT2D eigenvalue weighted by Crippen LogP contribution is 2.35. The van der Waals surface area contributed by atoms with E-state index < -0.39 is 22.9 Å². The fourth-order valence-corrected chi connectivity index (χ4v) is 6.16. The third kappa shape index (κ3) is 6.27. The number of halogens is 4. The van der Waals surface area contributed by atoms with E-state index >= 15 is 0 Å². The van der Waals surface area contributed by atoms with Crippen molar-refractivity contribution >= 4 is 45.8 Å². The van der Waals surface area contributed by atoms with Gasteiger partial charge in [-0.15, -0.1) is 0 Å². The van der Waals surface area contributed by atoms with Crippen LogP contribution in [0.25, 0.3) is 0 Å². The maximum atomic E-state index is 12.7. The normalized spacial score (nSPS) is 21.5. The molecule has 1 unspecified atom stereocenters. The zero-order valence-corrected chi connectivity index (χ0v) is 21.5. The lowest BCUT2D eigenvalue weighted by molar-refractivity contribution is -0.192. The van der Waals surface area contributed by atoms with Crippen LogP contribution in [-0.4, -0.2) is 82.5 Å². The molecule has 2 aromatic rings. The Morgan fingerprint density at radius 2 is 1.73 bits per heavy atom. The summed E-state index contributed by atoms with van der Waals surface area (Å²) in [7, 11) is -1.01. The third-order valence-corrected chi connectivity index (χ3v) is 8.28. The molecule has 2 fully saturated rings. The van der Waals surface area contributed by atoms with Crippen LogP contribution in [0.5, 0.6) is 0 Å². The number of nitrogens with zero attached hydrogens (tertiary/aromatic N) is 5. The van der Waals surface area contributed by atoms with Crippen LogP contribution in [0.1, 0.15) is 18.5 Å². The van der Waals surface area contributed by atoms with Crippen molar-refractivity contribution in [2.45, 2.75) is 36.4 Å². The number of piperazine rings is 1. The number of fused-ring (bicyclic) bond motifs is 1. The average molecular weight is 561 g/mol. The number of nitrogens with two attached hydrogens (primary N) is 1. The largest absolute Gasteiger partial charge is 0.490 e. The first-order chi connectivity index (χ1) is 17.6. The number of carbonyl (C=O) groups is 1. The van der Waals surface area contributed by atoms with Gasteiger partial charge in [-0.1, -0.05) is 11.6 Å². The Morgan fingerprint density at radius 1 is 1.11 bits per heavy atom. The minimum atomic E-state index is -5.08. The molecule has 0 radical (unpaired) electrons. The van der Waals surface area contributed by atoms with Crippen molar-refractivity contribution in [2.75, 3.05) is 59.7 Å². The second-order valence-electron chi connectivity index (χ2n) is 8.90. The number of aliphatic carboxylic acids is 1. The van der Waals surface area contributed by atoms with Crippen LogP contribution in [0.2, 0.25) is 5.02 Å². The van der Waals surface area contributed by atoms with Crippen LogP contribution in [0.4, 0.5) is 30.6 Å². The number of anilines is 3. The van der Waals surface area contributed by atoms with Crippen molar-refractivity contribution in [1.29, 1.82) is 0 Å². The summed E-state index contributed by atoms with van der Waals surface area (Å²) < 4.78 is 44.4. The van der Waals surface area contributed by atoms with Crippen molar-refractivity contribution in [1.82, 2.24) is 9.97 Å². The van der Waals surface area contributed by atoms with Gasteiger partial charge in [0.15, 0.2) is 5.82 Å². The molecule has 5 rings (SSSR count). The highest BCUT2D eigenvalue weighted by atomic mass is 35.5. The molecule has 1 aromatic carbocycles. The summed E-state index contributed by atoms with van der Waals surface area (Å²) in [6.45, 7) is 5.03. The predicted molar refractivity (Wildman–Crippen MR) is 136 cm³/mol. The molecule has 2 atom stereocenters. The molecule has 3 N–H and O–H groups in total. The Kier molecular flexibility index (Phi) is 8.44. The van der Waals surface area contributed by atoms with Crippen molar-refractivity contribution < 1.29 is 27.3 Å². The maximum absolute atomic E-state index is 12.7. The standard InChI is InChI=1S/C21H27ClN6OS.C2HF3O2/c22-15-3-5-16(6-4-15)26-9-11-27(12-10-26)21-24-18-7-13-30(29)19(18)20(25-21)28-8-1-2-17(28)14-23;3-2(4,5)1(6)7/h3-6,17H,1-2,7-14,23H2;(H,6,7)/t17-,30?;/m0./s1. The average Bonchev–Trinajstić information content (AvgIpc) is 3.50. The zero-order valence-electron chi connectivity index (χ0n) is 20.0. The monoisotopic (exact) mass is 560 g/mol. The van der Waals surface area contributed by atoms with E-state index in [1.54, 1.807) is 0 Å². The number of hydrogen-bond donors (Lipinski definition) is 2. The molecule has 9 nitrogen and oxygen atoms in total. The molecule has 202 valence electrons. The molecule has 1 aromatic heterocycles. The number of alkyl halides is 3. The smallest absolute Gasteiger partial charge is 0.475 e. The van der Waals surface area contributed by atoms with Gasteiger partial charge in [0.2, 0.25) is 5.95 Å². The Labute approximate surface area is 219 Å². The SMILES string of the molecule is NC[C@@H]1CCCN1c1nc(N2CCN(c3ccc(Cl)cc3)CC2)nc2c1S(=O)CC2.O=C(O)C(F)(F)F. The molecule has 4 heterocycles. The van der Waals surface area contributed by atoms with Gasteiger partial charge >= 0.3 is 12.1 Å². The second kappa shape index (κ2) is 11.4. The Morgan fingerprint density at radius 3 is 2.32 bits per heavy atom. The summed E-state index contributed by atoms with van der Waals surface area (Å²) in [6.07, 6.45) is -2.16. The summed E-state index contributed by atoms with van der Waals surface area (Å²) in [5.74, 6) is -0.487. The van der Waals surface area contributed by atoms with Crippen molar-refractivity contribution in [2.24, 2.45) is 5.73 Å². The van der Waals surface area contributed by atoms with Crippen molar-refractivity contribution in [3.63, 3.8) is 0 Å². The fraction of sp³-hybridized carbons (Fsp3) is 0.522. The van der Waals surface area contributed by atoms with Gasteiger partial charge in [-0.2, -0.15) is 18.2 Å². The lowest BCUT2D eigenvalue weighted by Crippen LogP contribution is -2.47. The van der Waals surface area contributed by atoms with E-state index in [0.717, 1.165) is 79.4 Å². The van der Waals surface area contributed by atoms with E-state index in [1.165, 1.54) is 5.69 Å². The number of aryl methyl sites for hydroxylation is 1. The third-order valence-electron chi connectivity index (χ3n) is 6.58.